The fourth-order valence-electron chi connectivity index (χ4n) is 16.8. The van der Waals surface area contributed by atoms with Crippen molar-refractivity contribution in [3.63, 3.8) is 0 Å². The van der Waals surface area contributed by atoms with Crippen molar-refractivity contribution in [2.24, 2.45) is 0 Å². The summed E-state index contributed by atoms with van der Waals surface area (Å²) in [4.78, 5) is 0. The zero-order chi connectivity index (χ0) is 61.5. The Bertz CT molecular complexity index is 5020. The topological polar surface area (TPSA) is 14.8 Å². The molecule has 0 amide bonds. The third kappa shape index (κ3) is 7.03. The number of fused-ring (bicyclic) bond motifs is 18. The smallest absolute Gasteiger partial charge is 0.253 e. The molecule has 436 valence electrons. The van der Waals surface area contributed by atoms with Crippen LogP contribution in [0.15, 0.2) is 140 Å². The summed E-state index contributed by atoms with van der Waals surface area (Å²) >= 11 is 0. The van der Waals surface area contributed by atoms with Crippen LogP contribution in [0.1, 0.15) is 207 Å². The molecular weight excluding hydrogens is 1050 g/mol. The summed E-state index contributed by atoms with van der Waals surface area (Å²) < 4.78 is 8.31. The van der Waals surface area contributed by atoms with E-state index >= 15 is 0 Å². The molecular formula is C83H86BN3. The van der Waals surface area contributed by atoms with Gasteiger partial charge in [0, 0.05) is 49.2 Å². The lowest BCUT2D eigenvalue weighted by Crippen LogP contribution is -2.61. The lowest BCUT2D eigenvalue weighted by Gasteiger charge is -2.45. The molecule has 4 heteroatoms. The molecule has 0 atom stereocenters. The molecule has 1 aliphatic carbocycles. The van der Waals surface area contributed by atoms with Gasteiger partial charge in [-0.3, -0.25) is 0 Å². The molecule has 0 unspecified atom stereocenters. The van der Waals surface area contributed by atoms with E-state index in [1.54, 1.807) is 0 Å². The molecule has 4 aliphatic rings. The molecule has 0 saturated carbocycles. The van der Waals surface area contributed by atoms with Gasteiger partial charge < -0.3 is 13.7 Å². The van der Waals surface area contributed by atoms with E-state index in [2.05, 4.69) is 299 Å². The zero-order valence-corrected chi connectivity index (χ0v) is 55.7. The average molecular weight is 1140 g/mol. The Morgan fingerprint density at radius 1 is 0.310 bits per heavy atom. The first-order valence-corrected chi connectivity index (χ1v) is 32.5. The molecule has 3 nitrogen and oxygen atoms in total. The molecule has 87 heavy (non-hydrogen) atoms. The van der Waals surface area contributed by atoms with Crippen LogP contribution >= 0.6 is 0 Å². The Morgan fingerprint density at radius 2 is 0.782 bits per heavy atom. The van der Waals surface area contributed by atoms with Gasteiger partial charge in [0.15, 0.2) is 0 Å². The van der Waals surface area contributed by atoms with Gasteiger partial charge in [0.25, 0.3) is 6.71 Å². The molecule has 0 saturated heterocycles. The Labute approximate surface area is 516 Å². The zero-order valence-electron chi connectivity index (χ0n) is 55.7. The molecule has 1 spiro atoms. The predicted octanol–water partition coefficient (Wildman–Crippen LogP) is 19.9. The highest BCUT2D eigenvalue weighted by Gasteiger charge is 2.56. The maximum absolute atomic E-state index is 2.84. The largest absolute Gasteiger partial charge is 0.310 e. The van der Waals surface area contributed by atoms with Crippen molar-refractivity contribution >= 4 is 88.5 Å². The average Bonchev–Trinajstić information content (AvgIpc) is 1.53. The van der Waals surface area contributed by atoms with Gasteiger partial charge in [-0.2, -0.15) is 0 Å². The van der Waals surface area contributed by atoms with Gasteiger partial charge in [0.1, 0.15) is 0 Å². The van der Waals surface area contributed by atoms with E-state index in [0.717, 1.165) is 0 Å². The van der Waals surface area contributed by atoms with Crippen LogP contribution in [-0.4, -0.2) is 20.4 Å². The first-order valence-electron chi connectivity index (χ1n) is 32.5. The van der Waals surface area contributed by atoms with Crippen molar-refractivity contribution in [1.82, 2.24) is 13.7 Å². The van der Waals surface area contributed by atoms with Crippen molar-refractivity contribution in [3.8, 4) is 28.2 Å². The summed E-state index contributed by atoms with van der Waals surface area (Å²) in [6, 6.07) is 57.5. The summed E-state index contributed by atoms with van der Waals surface area (Å²) in [5, 5.41) is 8.00. The van der Waals surface area contributed by atoms with E-state index in [9.17, 15) is 0 Å². The lowest BCUT2D eigenvalue weighted by molar-refractivity contribution is 0.545. The Balaban J connectivity index is 1.17. The molecule has 9 aromatic carbocycles. The fraction of sp³-hybridized carbons (Fsp3) is 0.349. The number of rotatable bonds is 1. The second-order valence-corrected chi connectivity index (χ2v) is 34.3. The Kier molecular flexibility index (Phi) is 10.4. The molecule has 0 radical (unpaired) electrons. The van der Waals surface area contributed by atoms with Crippen molar-refractivity contribution in [2.45, 2.75) is 189 Å². The van der Waals surface area contributed by atoms with Crippen LogP contribution in [0.25, 0.3) is 93.6 Å². The van der Waals surface area contributed by atoms with E-state index in [4.69, 9.17) is 0 Å². The number of para-hydroxylation sites is 2. The first-order chi connectivity index (χ1) is 40.6. The maximum Gasteiger partial charge on any atom is 0.253 e. The van der Waals surface area contributed by atoms with Crippen LogP contribution in [0.2, 0.25) is 0 Å². The van der Waals surface area contributed by atoms with Crippen LogP contribution in [0.5, 0.6) is 0 Å². The van der Waals surface area contributed by atoms with E-state index in [-0.39, 0.29) is 44.6 Å². The van der Waals surface area contributed by atoms with Crippen molar-refractivity contribution in [1.29, 1.82) is 0 Å². The summed E-state index contributed by atoms with van der Waals surface area (Å²) in [6.07, 6.45) is 0. The summed E-state index contributed by atoms with van der Waals surface area (Å²) in [5.41, 5.74) is 32.6. The molecule has 6 heterocycles. The number of aromatic nitrogens is 3. The second-order valence-electron chi connectivity index (χ2n) is 34.3. The van der Waals surface area contributed by atoms with Crippen LogP contribution in [-0.2, 0) is 43.3 Å². The van der Waals surface area contributed by atoms with E-state index in [1.807, 2.05) is 0 Å². The van der Waals surface area contributed by atoms with Crippen LogP contribution in [0, 0.1) is 0 Å². The fourth-order valence-corrected chi connectivity index (χ4v) is 16.8. The Hall–Kier alpha value is -7.56. The molecule has 3 aromatic heterocycles. The van der Waals surface area contributed by atoms with Crippen LogP contribution in [0.3, 0.4) is 0 Å². The van der Waals surface area contributed by atoms with Gasteiger partial charge in [-0.05, 0) is 163 Å². The van der Waals surface area contributed by atoms with Gasteiger partial charge in [-0.25, -0.2) is 0 Å². The quantitative estimate of drug-likeness (QED) is 0.146. The van der Waals surface area contributed by atoms with E-state index in [1.165, 1.54) is 171 Å². The minimum Gasteiger partial charge on any atom is -0.310 e. The predicted molar refractivity (Wildman–Crippen MR) is 376 cm³/mol. The van der Waals surface area contributed by atoms with Gasteiger partial charge in [0.2, 0.25) is 0 Å². The highest BCUT2D eigenvalue weighted by atomic mass is 15.1. The van der Waals surface area contributed by atoms with Gasteiger partial charge >= 0.3 is 0 Å². The van der Waals surface area contributed by atoms with Crippen molar-refractivity contribution in [3.05, 3.63) is 201 Å². The highest BCUT2D eigenvalue weighted by molar-refractivity contribution is 7.02. The third-order valence-electron chi connectivity index (χ3n) is 21.4. The standard InChI is InChI=1S/C83H86BN3/c1-76(2,3)45-30-32-50-51-33-31-46(77(4,5)6)39-59(51)83(58(50)38-45)57-34-35-66-69-75(57)87-71-54(36-47(42-62(71)83)78(7,8)9)55-37-48(79(10,11)12)43-63(72(55)87)84(69)70-68-53-27-23-25-29-65(53)86(67(68)44-56-52-26-22-24-28-64(52)85(66)73(56)70)74-60(81(16,17)18)40-49(80(13,14)15)41-61(74)82(19,20)21/h22-44H,1-21H3. The second kappa shape index (κ2) is 16.6. The number of benzene rings is 9. The third-order valence-corrected chi connectivity index (χ3v) is 21.4. The van der Waals surface area contributed by atoms with Crippen molar-refractivity contribution < 1.29 is 0 Å². The number of hydrogen-bond acceptors (Lipinski definition) is 0. The van der Waals surface area contributed by atoms with Gasteiger partial charge in [-0.15, -0.1) is 0 Å². The highest BCUT2D eigenvalue weighted by Crippen LogP contribution is 2.63. The molecule has 16 rings (SSSR count). The van der Waals surface area contributed by atoms with Crippen LogP contribution < -0.4 is 16.4 Å². The summed E-state index contributed by atoms with van der Waals surface area (Å²) in [6.45, 7) is 50.6. The SMILES string of the molecule is CC(C)(C)c1cc(C(C)(C)C)c(-n2c3ccccc3c3c4c5c(cc32)c2ccccc2n5-c2ccc3c5c2B4c2cc(C(C)(C)C)cc4c6cc(C(C)(C)C)cc(c6n-5c24)C32c3cc(C(C)(C)C)ccc3-c3ccc(C(C)(C)C)cc32)c(C(C)(C)C)c1. The minimum atomic E-state index is -0.654. The lowest BCUT2D eigenvalue weighted by atomic mass is 9.33. The monoisotopic (exact) mass is 1140 g/mol. The summed E-state index contributed by atoms with van der Waals surface area (Å²) in [5.74, 6) is 0. The maximum atomic E-state index is 2.84. The first kappa shape index (κ1) is 54.8. The molecule has 12 aromatic rings. The Morgan fingerprint density at radius 3 is 1.32 bits per heavy atom. The molecule has 3 aliphatic heterocycles. The van der Waals surface area contributed by atoms with E-state index < -0.39 is 5.41 Å². The minimum absolute atomic E-state index is 0.0412. The molecule has 0 N–H and O–H groups in total. The normalized spacial score (nSPS) is 15.3. The summed E-state index contributed by atoms with van der Waals surface area (Å²) in [7, 11) is 0. The van der Waals surface area contributed by atoms with Gasteiger partial charge in [0.05, 0.1) is 38.7 Å². The van der Waals surface area contributed by atoms with Crippen molar-refractivity contribution in [2.75, 3.05) is 0 Å². The number of nitrogens with zero attached hydrogens (tertiary/aromatic N) is 3. The van der Waals surface area contributed by atoms with Gasteiger partial charge in [-0.1, -0.05) is 249 Å². The van der Waals surface area contributed by atoms with E-state index in [0.29, 0.717) is 0 Å². The van der Waals surface area contributed by atoms with Crippen LogP contribution in [0.4, 0.5) is 0 Å². The number of hydrogen-bond donors (Lipinski definition) is 0. The molecule has 0 bridgehead atoms. The molecule has 0 fully saturated rings.